The lowest BCUT2D eigenvalue weighted by molar-refractivity contribution is -0.137. The van der Waals surface area contributed by atoms with Crippen molar-refractivity contribution in [2.24, 2.45) is 0 Å². The van der Waals surface area contributed by atoms with Crippen LogP contribution in [0.25, 0.3) is 11.1 Å². The van der Waals surface area contributed by atoms with Gasteiger partial charge in [-0.05, 0) is 48.9 Å². The Kier molecular flexibility index (Phi) is 4.10. The van der Waals surface area contributed by atoms with Gasteiger partial charge in [-0.3, -0.25) is 9.48 Å². The molecule has 6 nitrogen and oxygen atoms in total. The van der Waals surface area contributed by atoms with Gasteiger partial charge in [0.05, 0.1) is 17.8 Å². The van der Waals surface area contributed by atoms with Gasteiger partial charge in [0.1, 0.15) is 11.5 Å². The number of alkyl halides is 3. The van der Waals surface area contributed by atoms with Crippen LogP contribution in [-0.2, 0) is 6.18 Å². The number of halogens is 3. The number of nitrogens with zero attached hydrogens (tertiary/aromatic N) is 4. The van der Waals surface area contributed by atoms with Crippen LogP contribution in [0.15, 0.2) is 48.8 Å². The minimum absolute atomic E-state index is 0.150. The third-order valence-corrected chi connectivity index (χ3v) is 4.71. The Morgan fingerprint density at radius 1 is 1.18 bits per heavy atom. The summed E-state index contributed by atoms with van der Waals surface area (Å²) >= 11 is 0. The first-order chi connectivity index (χ1) is 13.3. The van der Waals surface area contributed by atoms with E-state index in [0.29, 0.717) is 34.9 Å². The van der Waals surface area contributed by atoms with Gasteiger partial charge in [-0.25, -0.2) is 4.98 Å². The molecule has 28 heavy (non-hydrogen) atoms. The highest BCUT2D eigenvalue weighted by Gasteiger charge is 2.35. The standard InChI is InChI=1S/C19H16F3N5O/c1-11-10-26(14-4-2-13(3-5-14)19(20,21)22)18(28)17-15(9-25-27(11)17)12-6-7-24-16(23)8-12/h2-9,11H,10H2,1H3,(H2,23,24). The van der Waals surface area contributed by atoms with Gasteiger partial charge in [0, 0.05) is 24.0 Å². The van der Waals surface area contributed by atoms with Crippen molar-refractivity contribution in [3.63, 3.8) is 0 Å². The van der Waals surface area contributed by atoms with Crippen molar-refractivity contribution in [1.82, 2.24) is 14.8 Å². The molecule has 0 radical (unpaired) electrons. The predicted molar refractivity (Wildman–Crippen MR) is 97.7 cm³/mol. The summed E-state index contributed by atoms with van der Waals surface area (Å²) in [7, 11) is 0. The second-order valence-electron chi connectivity index (χ2n) is 6.63. The summed E-state index contributed by atoms with van der Waals surface area (Å²) in [6.45, 7) is 2.20. The van der Waals surface area contributed by atoms with E-state index < -0.39 is 11.7 Å². The fourth-order valence-electron chi connectivity index (χ4n) is 3.34. The summed E-state index contributed by atoms with van der Waals surface area (Å²) in [6.07, 6.45) is -1.29. The van der Waals surface area contributed by atoms with E-state index in [1.54, 1.807) is 29.2 Å². The molecule has 0 aliphatic carbocycles. The van der Waals surface area contributed by atoms with E-state index in [-0.39, 0.29) is 11.9 Å². The molecule has 1 unspecified atom stereocenters. The third-order valence-electron chi connectivity index (χ3n) is 4.71. The Labute approximate surface area is 158 Å². The van der Waals surface area contributed by atoms with E-state index in [1.165, 1.54) is 17.0 Å². The third kappa shape index (κ3) is 2.98. The fraction of sp³-hybridized carbons (Fsp3) is 0.211. The smallest absolute Gasteiger partial charge is 0.384 e. The summed E-state index contributed by atoms with van der Waals surface area (Å²) in [5.74, 6) is -0.0194. The highest BCUT2D eigenvalue weighted by atomic mass is 19.4. The lowest BCUT2D eigenvalue weighted by Crippen LogP contribution is -2.42. The molecule has 2 N–H and O–H groups in total. The maximum Gasteiger partial charge on any atom is 0.416 e. The van der Waals surface area contributed by atoms with Gasteiger partial charge in [-0.1, -0.05) is 0 Å². The van der Waals surface area contributed by atoms with Gasteiger partial charge in [0.25, 0.3) is 5.91 Å². The SMILES string of the molecule is CC1CN(c2ccc(C(F)(F)F)cc2)C(=O)c2c(-c3ccnc(N)c3)cnn21. The lowest BCUT2D eigenvalue weighted by atomic mass is 10.0. The normalized spacial score (nSPS) is 16.9. The average molecular weight is 387 g/mol. The zero-order valence-corrected chi connectivity index (χ0v) is 14.8. The van der Waals surface area contributed by atoms with Crippen molar-refractivity contribution >= 4 is 17.4 Å². The zero-order chi connectivity index (χ0) is 20.1. The highest BCUT2D eigenvalue weighted by Crippen LogP contribution is 2.34. The number of fused-ring (bicyclic) bond motifs is 1. The van der Waals surface area contributed by atoms with Crippen molar-refractivity contribution in [1.29, 1.82) is 0 Å². The molecule has 0 saturated heterocycles. The van der Waals surface area contributed by atoms with Crippen molar-refractivity contribution in [3.8, 4) is 11.1 Å². The van der Waals surface area contributed by atoms with Gasteiger partial charge in [0.15, 0.2) is 0 Å². The number of aromatic nitrogens is 3. The minimum Gasteiger partial charge on any atom is -0.384 e. The van der Waals surface area contributed by atoms with Crippen LogP contribution in [0.1, 0.15) is 29.0 Å². The van der Waals surface area contributed by atoms with Crippen LogP contribution in [0, 0.1) is 0 Å². The Balaban J connectivity index is 1.75. The molecular formula is C19H16F3N5O. The van der Waals surface area contributed by atoms with Crippen LogP contribution in [0.3, 0.4) is 0 Å². The molecule has 1 aromatic carbocycles. The number of hydrogen-bond acceptors (Lipinski definition) is 4. The zero-order valence-electron chi connectivity index (χ0n) is 14.8. The summed E-state index contributed by atoms with van der Waals surface area (Å²) in [5.41, 5.74) is 7.05. The number of rotatable bonds is 2. The molecule has 4 rings (SSSR count). The predicted octanol–water partition coefficient (Wildman–Crippen LogP) is 3.77. The van der Waals surface area contributed by atoms with Gasteiger partial charge in [-0.15, -0.1) is 0 Å². The largest absolute Gasteiger partial charge is 0.416 e. The Morgan fingerprint density at radius 3 is 2.54 bits per heavy atom. The summed E-state index contributed by atoms with van der Waals surface area (Å²) in [6, 6.07) is 7.79. The first-order valence-electron chi connectivity index (χ1n) is 8.54. The first-order valence-corrected chi connectivity index (χ1v) is 8.54. The molecule has 0 fully saturated rings. The second kappa shape index (κ2) is 6.36. The maximum atomic E-state index is 13.2. The van der Waals surface area contributed by atoms with Gasteiger partial charge < -0.3 is 10.6 Å². The van der Waals surface area contributed by atoms with Crippen LogP contribution in [0.4, 0.5) is 24.7 Å². The number of carbonyl (C=O) groups excluding carboxylic acids is 1. The van der Waals surface area contributed by atoms with Crippen LogP contribution in [-0.4, -0.2) is 27.2 Å². The van der Waals surface area contributed by atoms with Gasteiger partial charge in [-0.2, -0.15) is 18.3 Å². The molecule has 0 bridgehead atoms. The summed E-state index contributed by atoms with van der Waals surface area (Å²) in [4.78, 5) is 18.6. The molecule has 144 valence electrons. The van der Waals surface area contributed by atoms with E-state index in [9.17, 15) is 18.0 Å². The number of pyridine rings is 1. The quantitative estimate of drug-likeness (QED) is 0.726. The molecule has 1 aliphatic rings. The molecule has 3 heterocycles. The van der Waals surface area contributed by atoms with Crippen molar-refractivity contribution in [2.75, 3.05) is 17.2 Å². The summed E-state index contributed by atoms with van der Waals surface area (Å²) < 4.78 is 40.1. The van der Waals surface area contributed by atoms with E-state index >= 15 is 0 Å². The number of hydrogen-bond donors (Lipinski definition) is 1. The van der Waals surface area contributed by atoms with Crippen LogP contribution >= 0.6 is 0 Å². The first kappa shape index (κ1) is 18.0. The number of carbonyl (C=O) groups is 1. The minimum atomic E-state index is -4.43. The molecule has 1 atom stereocenters. The van der Waals surface area contributed by atoms with Crippen molar-refractivity contribution < 1.29 is 18.0 Å². The Hall–Kier alpha value is -3.36. The van der Waals surface area contributed by atoms with E-state index in [4.69, 9.17) is 5.73 Å². The fourth-order valence-corrected chi connectivity index (χ4v) is 3.34. The van der Waals surface area contributed by atoms with Crippen LogP contribution in [0.5, 0.6) is 0 Å². The monoisotopic (exact) mass is 387 g/mol. The molecule has 1 amide bonds. The topological polar surface area (TPSA) is 77.0 Å². The molecule has 0 saturated carbocycles. The van der Waals surface area contributed by atoms with Crippen LogP contribution in [0.2, 0.25) is 0 Å². The Bertz CT molecular complexity index is 1040. The summed E-state index contributed by atoms with van der Waals surface area (Å²) in [5, 5.41) is 4.33. The van der Waals surface area contributed by atoms with Gasteiger partial charge in [0.2, 0.25) is 0 Å². The molecule has 3 aromatic rings. The van der Waals surface area contributed by atoms with E-state index in [2.05, 4.69) is 10.1 Å². The van der Waals surface area contributed by atoms with E-state index in [1.807, 2.05) is 6.92 Å². The van der Waals surface area contributed by atoms with E-state index in [0.717, 1.165) is 12.1 Å². The van der Waals surface area contributed by atoms with Crippen molar-refractivity contribution in [2.45, 2.75) is 19.1 Å². The lowest BCUT2D eigenvalue weighted by Gasteiger charge is -2.32. The van der Waals surface area contributed by atoms with Gasteiger partial charge >= 0.3 is 6.18 Å². The molecule has 2 aromatic heterocycles. The molecule has 0 spiro atoms. The number of amides is 1. The number of anilines is 2. The number of nitrogens with two attached hydrogens (primary N) is 1. The second-order valence-corrected chi connectivity index (χ2v) is 6.63. The highest BCUT2D eigenvalue weighted by molar-refractivity contribution is 6.09. The maximum absolute atomic E-state index is 13.2. The van der Waals surface area contributed by atoms with Crippen LogP contribution < -0.4 is 10.6 Å². The Morgan fingerprint density at radius 2 is 1.89 bits per heavy atom. The number of benzene rings is 1. The molecule has 9 heteroatoms. The average Bonchev–Trinajstić information content (AvgIpc) is 3.10. The molecule has 1 aliphatic heterocycles. The number of nitrogen functional groups attached to an aromatic ring is 1. The molecular weight excluding hydrogens is 371 g/mol. The van der Waals surface area contributed by atoms with Crippen molar-refractivity contribution in [3.05, 3.63) is 60.0 Å².